The lowest BCUT2D eigenvalue weighted by molar-refractivity contribution is -0.384. The molecule has 1 aliphatic rings. The van der Waals surface area contributed by atoms with E-state index < -0.39 is 10.7 Å². The number of halogens is 2. The Morgan fingerprint density at radius 2 is 2.07 bits per heavy atom. The third-order valence-electron chi connectivity index (χ3n) is 4.34. The molecule has 0 unspecified atom stereocenters. The maximum absolute atomic E-state index is 13.8. The van der Waals surface area contributed by atoms with E-state index in [0.29, 0.717) is 19.8 Å². The van der Waals surface area contributed by atoms with Crippen LogP contribution in [-0.2, 0) is 11.3 Å². The second-order valence-corrected chi connectivity index (χ2v) is 6.90. The fourth-order valence-corrected chi connectivity index (χ4v) is 3.32. The van der Waals surface area contributed by atoms with Crippen LogP contribution < -0.4 is 15.0 Å². The van der Waals surface area contributed by atoms with Crippen LogP contribution in [0.5, 0.6) is 5.75 Å². The van der Waals surface area contributed by atoms with Gasteiger partial charge in [-0.25, -0.2) is 4.39 Å². The SMILES string of the molecule is COc1cc(NCc2ccc(Br)cc2N2CCOCC2)c([N+](=O)[O-])cc1F. The maximum atomic E-state index is 13.8. The average molecular weight is 440 g/mol. The molecule has 1 heterocycles. The number of morpholine rings is 1. The van der Waals surface area contributed by atoms with E-state index in [2.05, 4.69) is 26.1 Å². The molecule has 0 atom stereocenters. The van der Waals surface area contributed by atoms with Crippen LogP contribution >= 0.6 is 15.9 Å². The fourth-order valence-electron chi connectivity index (χ4n) is 2.97. The van der Waals surface area contributed by atoms with Crippen LogP contribution in [0.1, 0.15) is 5.56 Å². The molecule has 0 saturated carbocycles. The first-order valence-corrected chi connectivity index (χ1v) is 9.16. The predicted molar refractivity (Wildman–Crippen MR) is 104 cm³/mol. The van der Waals surface area contributed by atoms with Crippen molar-refractivity contribution in [3.8, 4) is 5.75 Å². The Balaban J connectivity index is 1.87. The molecule has 0 bridgehead atoms. The number of nitro benzene ring substituents is 1. The molecule has 1 aliphatic heterocycles. The van der Waals surface area contributed by atoms with Gasteiger partial charge < -0.3 is 19.7 Å². The van der Waals surface area contributed by atoms with E-state index in [4.69, 9.17) is 9.47 Å². The van der Waals surface area contributed by atoms with Gasteiger partial charge in [-0.2, -0.15) is 0 Å². The van der Waals surface area contributed by atoms with Crippen LogP contribution in [0.25, 0.3) is 0 Å². The van der Waals surface area contributed by atoms with E-state index in [1.165, 1.54) is 13.2 Å². The number of rotatable bonds is 6. The van der Waals surface area contributed by atoms with Crippen molar-refractivity contribution in [1.82, 2.24) is 0 Å². The summed E-state index contributed by atoms with van der Waals surface area (Å²) in [5, 5.41) is 14.3. The topological polar surface area (TPSA) is 76.9 Å². The van der Waals surface area contributed by atoms with Crippen LogP contribution in [0.3, 0.4) is 0 Å². The highest BCUT2D eigenvalue weighted by atomic mass is 79.9. The van der Waals surface area contributed by atoms with Crippen molar-refractivity contribution in [2.45, 2.75) is 6.54 Å². The van der Waals surface area contributed by atoms with E-state index in [1.807, 2.05) is 18.2 Å². The molecular formula is C18H19BrFN3O4. The Labute approximate surface area is 164 Å². The van der Waals surface area contributed by atoms with Crippen molar-refractivity contribution in [1.29, 1.82) is 0 Å². The van der Waals surface area contributed by atoms with Crippen LogP contribution in [0.15, 0.2) is 34.8 Å². The molecule has 2 aromatic rings. The van der Waals surface area contributed by atoms with Gasteiger partial charge in [0.15, 0.2) is 11.6 Å². The first-order valence-electron chi connectivity index (χ1n) is 8.36. The van der Waals surface area contributed by atoms with Gasteiger partial charge in [-0.1, -0.05) is 22.0 Å². The number of nitrogens with one attached hydrogen (secondary N) is 1. The summed E-state index contributed by atoms with van der Waals surface area (Å²) in [7, 11) is 1.32. The Morgan fingerprint density at radius 1 is 1.33 bits per heavy atom. The molecule has 0 spiro atoms. The summed E-state index contributed by atoms with van der Waals surface area (Å²) in [4.78, 5) is 12.9. The first kappa shape index (κ1) is 19.4. The number of hydrogen-bond donors (Lipinski definition) is 1. The lowest BCUT2D eigenvalue weighted by Crippen LogP contribution is -2.36. The zero-order valence-corrected chi connectivity index (χ0v) is 16.3. The van der Waals surface area contributed by atoms with Crippen molar-refractivity contribution >= 4 is 33.0 Å². The van der Waals surface area contributed by atoms with Gasteiger partial charge in [-0.15, -0.1) is 0 Å². The van der Waals surface area contributed by atoms with E-state index >= 15 is 0 Å². The highest BCUT2D eigenvalue weighted by molar-refractivity contribution is 9.10. The van der Waals surface area contributed by atoms with Crippen LogP contribution in [0.2, 0.25) is 0 Å². The number of methoxy groups -OCH3 is 1. The maximum Gasteiger partial charge on any atom is 0.295 e. The fraction of sp³-hybridized carbons (Fsp3) is 0.333. The van der Waals surface area contributed by atoms with Crippen molar-refractivity contribution in [3.05, 3.63) is 56.3 Å². The van der Waals surface area contributed by atoms with E-state index in [0.717, 1.165) is 34.9 Å². The number of benzene rings is 2. The van der Waals surface area contributed by atoms with Gasteiger partial charge in [0.25, 0.3) is 5.69 Å². The summed E-state index contributed by atoms with van der Waals surface area (Å²) < 4.78 is 25.1. The smallest absolute Gasteiger partial charge is 0.295 e. The lowest BCUT2D eigenvalue weighted by atomic mass is 10.1. The van der Waals surface area contributed by atoms with Crippen LogP contribution in [0.4, 0.5) is 21.5 Å². The standard InChI is InChI=1S/C18H19BrFN3O4/c1-26-18-10-15(17(23(24)25)9-14(18)20)21-11-12-2-3-13(19)8-16(12)22-4-6-27-7-5-22/h2-3,8-10,21H,4-7,11H2,1H3. The molecule has 2 aromatic carbocycles. The zero-order chi connectivity index (χ0) is 19.4. The van der Waals surface area contributed by atoms with Gasteiger partial charge in [-0.3, -0.25) is 10.1 Å². The minimum atomic E-state index is -0.771. The molecule has 27 heavy (non-hydrogen) atoms. The highest BCUT2D eigenvalue weighted by Gasteiger charge is 2.20. The molecule has 3 rings (SSSR count). The van der Waals surface area contributed by atoms with Crippen molar-refractivity contribution in [3.63, 3.8) is 0 Å². The minimum absolute atomic E-state index is 0.0488. The van der Waals surface area contributed by atoms with Crippen molar-refractivity contribution in [2.75, 3.05) is 43.6 Å². The number of anilines is 2. The molecule has 144 valence electrons. The second-order valence-electron chi connectivity index (χ2n) is 5.99. The normalized spacial score (nSPS) is 14.1. The number of nitro groups is 1. The van der Waals surface area contributed by atoms with Gasteiger partial charge in [0.1, 0.15) is 5.69 Å². The Hall–Kier alpha value is -2.39. The predicted octanol–water partition coefficient (Wildman–Crippen LogP) is 3.95. The summed E-state index contributed by atoms with van der Waals surface area (Å²) in [6, 6.07) is 8.06. The molecule has 0 aliphatic carbocycles. The van der Waals surface area contributed by atoms with E-state index in [-0.39, 0.29) is 17.1 Å². The Bertz CT molecular complexity index is 844. The Kier molecular flexibility index (Phi) is 6.12. The zero-order valence-electron chi connectivity index (χ0n) is 14.7. The van der Waals surface area contributed by atoms with Gasteiger partial charge in [0.05, 0.1) is 31.3 Å². The molecule has 1 saturated heterocycles. The molecule has 1 fully saturated rings. The third-order valence-corrected chi connectivity index (χ3v) is 4.83. The van der Waals surface area contributed by atoms with Gasteiger partial charge in [0.2, 0.25) is 0 Å². The van der Waals surface area contributed by atoms with Gasteiger partial charge in [-0.05, 0) is 17.7 Å². The Morgan fingerprint density at radius 3 is 2.74 bits per heavy atom. The molecule has 0 radical (unpaired) electrons. The first-order chi connectivity index (χ1) is 13.0. The molecule has 0 amide bonds. The van der Waals surface area contributed by atoms with Crippen molar-refractivity contribution in [2.24, 2.45) is 0 Å². The van der Waals surface area contributed by atoms with Crippen LogP contribution in [-0.4, -0.2) is 38.3 Å². The number of ether oxygens (including phenoxy) is 2. The lowest BCUT2D eigenvalue weighted by Gasteiger charge is -2.31. The summed E-state index contributed by atoms with van der Waals surface area (Å²) in [6.45, 7) is 3.19. The largest absolute Gasteiger partial charge is 0.494 e. The number of nitrogens with zero attached hydrogens (tertiary/aromatic N) is 2. The molecule has 7 nitrogen and oxygen atoms in total. The molecule has 1 N–H and O–H groups in total. The van der Waals surface area contributed by atoms with Gasteiger partial charge >= 0.3 is 0 Å². The summed E-state index contributed by atoms with van der Waals surface area (Å²) >= 11 is 3.49. The van der Waals surface area contributed by atoms with Crippen molar-refractivity contribution < 1.29 is 18.8 Å². The monoisotopic (exact) mass is 439 g/mol. The average Bonchev–Trinajstić information content (AvgIpc) is 2.68. The van der Waals surface area contributed by atoms with Crippen LogP contribution in [0, 0.1) is 15.9 Å². The van der Waals surface area contributed by atoms with E-state index in [1.54, 1.807) is 0 Å². The minimum Gasteiger partial charge on any atom is -0.494 e. The third kappa shape index (κ3) is 4.48. The highest BCUT2D eigenvalue weighted by Crippen LogP contribution is 2.33. The summed E-state index contributed by atoms with van der Waals surface area (Å²) in [6.07, 6.45) is 0. The molecule has 9 heteroatoms. The second kappa shape index (κ2) is 8.53. The summed E-state index contributed by atoms with van der Waals surface area (Å²) in [5.74, 6) is -0.820. The van der Waals surface area contributed by atoms with E-state index in [9.17, 15) is 14.5 Å². The van der Waals surface area contributed by atoms with Gasteiger partial charge in [0, 0.05) is 35.9 Å². The quantitative estimate of drug-likeness (QED) is 0.542. The number of hydrogen-bond acceptors (Lipinski definition) is 6. The molecular weight excluding hydrogens is 421 g/mol. The summed E-state index contributed by atoms with van der Waals surface area (Å²) in [5.41, 5.74) is 1.86. The molecule has 0 aromatic heterocycles.